The molecule has 0 fully saturated rings. The topological polar surface area (TPSA) is 0 Å². The predicted octanol–water partition coefficient (Wildman–Crippen LogP) is 5.83. The van der Waals surface area contributed by atoms with E-state index in [1.807, 2.05) is 0 Å². The molecule has 0 aromatic heterocycles. The molecule has 0 N–H and O–H groups in total. The second-order valence-electron chi connectivity index (χ2n) is 6.25. The third kappa shape index (κ3) is 2.68. The minimum atomic E-state index is -1.60. The largest absolute Gasteiger partial charge is 0.106 e. The molecule has 0 rings (SSSR count). The van der Waals surface area contributed by atoms with Crippen molar-refractivity contribution in [1.82, 2.24) is 0 Å². The molecule has 0 saturated heterocycles. The van der Waals surface area contributed by atoms with Crippen molar-refractivity contribution in [2.75, 3.05) is 0 Å². The Balaban J connectivity index is 5.64. The van der Waals surface area contributed by atoms with E-state index < -0.39 is 5.24 Å². The van der Waals surface area contributed by atoms with Gasteiger partial charge in [-0.3, -0.25) is 0 Å². The van der Waals surface area contributed by atoms with Crippen molar-refractivity contribution >= 4 is 39.1 Å². The van der Waals surface area contributed by atoms with E-state index in [2.05, 4.69) is 67.1 Å². The highest BCUT2D eigenvalue weighted by Crippen LogP contribution is 2.79. The molecule has 0 bridgehead atoms. The van der Waals surface area contributed by atoms with Crippen molar-refractivity contribution in [3.05, 3.63) is 0 Å². The quantitative estimate of drug-likeness (QED) is 0.385. The van der Waals surface area contributed by atoms with Crippen molar-refractivity contribution in [3.8, 4) is 0 Å². The molecule has 0 unspecified atom stereocenters. The van der Waals surface area contributed by atoms with Crippen LogP contribution in [0.3, 0.4) is 0 Å². The van der Waals surface area contributed by atoms with Gasteiger partial charge in [0.2, 0.25) is 0 Å². The lowest BCUT2D eigenvalue weighted by molar-refractivity contribution is 0.450. The first-order valence-electron chi connectivity index (χ1n) is 5.88. The molecule has 98 valence electrons. The highest BCUT2D eigenvalue weighted by atomic mass is 33.4. The molecular weight excluding hydrogens is 271 g/mol. The van der Waals surface area contributed by atoms with E-state index in [9.17, 15) is 0 Å². The average molecular weight is 299 g/mol. The molecule has 0 atom stereocenters. The van der Waals surface area contributed by atoms with Crippen LogP contribution in [0.1, 0.15) is 55.4 Å². The molecule has 4 heteroatoms. The summed E-state index contributed by atoms with van der Waals surface area (Å²) in [6.45, 7) is 18.4. The van der Waals surface area contributed by atoms with Gasteiger partial charge in [0.15, 0.2) is 0 Å². The van der Waals surface area contributed by atoms with Gasteiger partial charge in [0.25, 0.3) is 0 Å². The molecule has 0 nitrogen and oxygen atoms in total. The van der Waals surface area contributed by atoms with Crippen molar-refractivity contribution in [2.24, 2.45) is 11.8 Å². The molecule has 0 aliphatic carbocycles. The van der Waals surface area contributed by atoms with Crippen LogP contribution in [0.4, 0.5) is 0 Å². The Bertz CT molecular complexity index is 256. The van der Waals surface area contributed by atoms with Gasteiger partial charge in [-0.05, 0) is 11.8 Å². The van der Waals surface area contributed by atoms with Gasteiger partial charge < -0.3 is 0 Å². The zero-order chi connectivity index (χ0) is 13.4. The predicted molar refractivity (Wildman–Crippen MR) is 88.7 cm³/mol. The molecule has 0 aliphatic rings. The molecule has 0 aromatic carbocycles. The van der Waals surface area contributed by atoms with Crippen LogP contribution < -0.4 is 0 Å². The summed E-state index contributed by atoms with van der Waals surface area (Å²) in [5.74, 6) is 1.19. The van der Waals surface area contributed by atoms with Crippen LogP contribution in [0.15, 0.2) is 0 Å². The van der Waals surface area contributed by atoms with Crippen molar-refractivity contribution in [2.45, 2.75) is 65.7 Å². The van der Waals surface area contributed by atoms with E-state index in [1.54, 1.807) is 10.4 Å². The van der Waals surface area contributed by atoms with E-state index in [0.29, 0.717) is 11.8 Å². The smallest absolute Gasteiger partial charge is 0.0286 e. The Labute approximate surface area is 116 Å². The summed E-state index contributed by atoms with van der Waals surface area (Å²) < 4.78 is 0. The standard InChI is InChI=1S/C12H27PS3/c1-9(2)11(5,6)13(14,16-15)12(7,8)10(3)4/h9-10,15H,1-8H3. The summed E-state index contributed by atoms with van der Waals surface area (Å²) in [6.07, 6.45) is 0. The average Bonchev–Trinajstić information content (AvgIpc) is 2.15. The Morgan fingerprint density at radius 1 is 0.938 bits per heavy atom. The van der Waals surface area contributed by atoms with Crippen LogP contribution in [0.5, 0.6) is 0 Å². The Morgan fingerprint density at radius 2 is 1.19 bits per heavy atom. The number of rotatable bonds is 5. The monoisotopic (exact) mass is 298 g/mol. The fraction of sp³-hybridized carbons (Fsp3) is 1.00. The highest BCUT2D eigenvalue weighted by Gasteiger charge is 2.49. The number of hydrogen-bond acceptors (Lipinski definition) is 3. The normalized spacial score (nSPS) is 14.9. The zero-order valence-electron chi connectivity index (χ0n) is 11.9. The van der Waals surface area contributed by atoms with Crippen molar-refractivity contribution < 1.29 is 0 Å². The first-order valence-corrected chi connectivity index (χ1v) is 11.2. The SMILES string of the molecule is CC(C)C(C)(C)P(=S)(SS)C(C)(C)C(C)C. The van der Waals surface area contributed by atoms with E-state index >= 15 is 0 Å². The molecule has 0 saturated carbocycles. The van der Waals surface area contributed by atoms with Gasteiger partial charge in [0.05, 0.1) is 0 Å². The minimum Gasteiger partial charge on any atom is -0.106 e. The Hall–Kier alpha value is 1.35. The summed E-state index contributed by atoms with van der Waals surface area (Å²) >= 11 is 10.7. The summed E-state index contributed by atoms with van der Waals surface area (Å²) in [4.78, 5) is 0. The second kappa shape index (κ2) is 5.55. The fourth-order valence-electron chi connectivity index (χ4n) is 1.63. The van der Waals surface area contributed by atoms with E-state index in [4.69, 9.17) is 11.8 Å². The summed E-state index contributed by atoms with van der Waals surface area (Å²) in [7, 11) is 1.66. The van der Waals surface area contributed by atoms with Crippen LogP contribution in [0.25, 0.3) is 0 Å². The maximum atomic E-state index is 6.13. The first kappa shape index (κ1) is 17.4. The van der Waals surface area contributed by atoms with Gasteiger partial charge in [-0.25, -0.2) is 0 Å². The van der Waals surface area contributed by atoms with Crippen LogP contribution in [0.2, 0.25) is 0 Å². The van der Waals surface area contributed by atoms with Gasteiger partial charge in [-0.2, -0.15) is 0 Å². The summed E-state index contributed by atoms with van der Waals surface area (Å²) in [5.41, 5.74) is 0. The van der Waals surface area contributed by atoms with Crippen molar-refractivity contribution in [1.29, 1.82) is 0 Å². The third-order valence-electron chi connectivity index (χ3n) is 4.46. The Kier molecular flexibility index (Phi) is 6.02. The van der Waals surface area contributed by atoms with Crippen LogP contribution in [-0.4, -0.2) is 10.3 Å². The number of hydrogen-bond donors (Lipinski definition) is 1. The number of thiol groups is 1. The Morgan fingerprint density at radius 3 is 1.31 bits per heavy atom. The maximum absolute atomic E-state index is 6.13. The summed E-state index contributed by atoms with van der Waals surface area (Å²) in [6, 6.07) is 0. The first-order chi connectivity index (χ1) is 6.95. The lowest BCUT2D eigenvalue weighted by Gasteiger charge is -2.50. The maximum Gasteiger partial charge on any atom is 0.0286 e. The molecule has 0 spiro atoms. The molecule has 16 heavy (non-hydrogen) atoms. The van der Waals surface area contributed by atoms with Gasteiger partial charge in [-0.15, -0.1) is 11.7 Å². The molecule has 0 heterocycles. The van der Waals surface area contributed by atoms with Crippen LogP contribution in [0, 0.1) is 11.8 Å². The van der Waals surface area contributed by atoms with Gasteiger partial charge in [0.1, 0.15) is 0 Å². The molecule has 0 radical (unpaired) electrons. The van der Waals surface area contributed by atoms with Gasteiger partial charge >= 0.3 is 0 Å². The summed E-state index contributed by atoms with van der Waals surface area (Å²) in [5, 5.41) is -1.24. The van der Waals surface area contributed by atoms with Gasteiger partial charge in [0, 0.05) is 15.6 Å². The lowest BCUT2D eigenvalue weighted by atomic mass is 9.98. The van der Waals surface area contributed by atoms with Crippen molar-refractivity contribution in [3.63, 3.8) is 0 Å². The molecular formula is C12H27PS3. The minimum absolute atomic E-state index is 0.183. The molecule has 0 aromatic rings. The van der Waals surface area contributed by atoms with Crippen LogP contribution >= 0.6 is 27.3 Å². The third-order valence-corrected chi connectivity index (χ3v) is 19.0. The molecule has 0 amide bonds. The lowest BCUT2D eigenvalue weighted by Crippen LogP contribution is -2.38. The molecule has 0 aliphatic heterocycles. The van der Waals surface area contributed by atoms with E-state index in [-0.39, 0.29) is 10.3 Å². The van der Waals surface area contributed by atoms with E-state index in [0.717, 1.165) is 0 Å². The fourth-order valence-corrected chi connectivity index (χ4v) is 12.5. The second-order valence-corrected chi connectivity index (χ2v) is 15.8. The van der Waals surface area contributed by atoms with Gasteiger partial charge in [-0.1, -0.05) is 77.6 Å². The van der Waals surface area contributed by atoms with Crippen LogP contribution in [-0.2, 0) is 11.8 Å². The van der Waals surface area contributed by atoms with E-state index in [1.165, 1.54) is 0 Å². The highest BCUT2D eigenvalue weighted by molar-refractivity contribution is 9.00. The zero-order valence-corrected chi connectivity index (χ0v) is 15.3.